The van der Waals surface area contributed by atoms with E-state index >= 15 is 0 Å². The lowest BCUT2D eigenvalue weighted by Gasteiger charge is -2.31. The number of aliphatic hydroxyl groups is 1. The zero-order chi connectivity index (χ0) is 23.2. The number of carbonyl (C=O) groups is 2. The van der Waals surface area contributed by atoms with Crippen LogP contribution in [0.15, 0.2) is 54.9 Å². The number of aliphatic hydroxyl groups excluding tert-OH is 1. The Labute approximate surface area is 196 Å². The highest BCUT2D eigenvalue weighted by Crippen LogP contribution is 2.38. The first-order valence-electron chi connectivity index (χ1n) is 11.5. The van der Waals surface area contributed by atoms with E-state index in [0.717, 1.165) is 40.2 Å². The number of rotatable bonds is 4. The van der Waals surface area contributed by atoms with Crippen molar-refractivity contribution in [1.29, 1.82) is 0 Å². The number of aromatic nitrogens is 2. The number of anilines is 2. The van der Waals surface area contributed by atoms with Crippen LogP contribution in [0.25, 0.3) is 11.1 Å². The van der Waals surface area contributed by atoms with Gasteiger partial charge in [0.25, 0.3) is 0 Å². The molecule has 1 N–H and O–H groups in total. The standard InChI is InChI=1S/C26H24N4O4/c31-22-11-25(33)29(14-22)20-5-2-17(3-6-20)18-1-4-19(27-13-18)9-16-10-23-26(28-12-16)34-15-21-7-8-24(32)30(21)23/h1-6,10,12-13,21-22,31H,7-9,11,14-15H2/t21-,22-/m0/s1. The van der Waals surface area contributed by atoms with E-state index in [0.29, 0.717) is 31.9 Å². The van der Waals surface area contributed by atoms with Crippen LogP contribution in [0, 0.1) is 0 Å². The molecule has 0 bridgehead atoms. The fourth-order valence-corrected chi connectivity index (χ4v) is 4.95. The molecule has 5 heterocycles. The summed E-state index contributed by atoms with van der Waals surface area (Å²) in [6.07, 6.45) is 5.18. The molecule has 0 radical (unpaired) electrons. The van der Waals surface area contributed by atoms with E-state index in [-0.39, 0.29) is 24.3 Å². The summed E-state index contributed by atoms with van der Waals surface area (Å²) >= 11 is 0. The van der Waals surface area contributed by atoms with Crippen LogP contribution >= 0.6 is 0 Å². The van der Waals surface area contributed by atoms with E-state index in [1.807, 2.05) is 53.6 Å². The van der Waals surface area contributed by atoms with Gasteiger partial charge < -0.3 is 19.6 Å². The summed E-state index contributed by atoms with van der Waals surface area (Å²) in [5.74, 6) is 0.596. The second-order valence-corrected chi connectivity index (χ2v) is 9.06. The van der Waals surface area contributed by atoms with Gasteiger partial charge in [-0.25, -0.2) is 4.98 Å². The van der Waals surface area contributed by atoms with E-state index in [4.69, 9.17) is 4.74 Å². The van der Waals surface area contributed by atoms with E-state index in [9.17, 15) is 14.7 Å². The van der Waals surface area contributed by atoms with Gasteiger partial charge in [0.15, 0.2) is 0 Å². The summed E-state index contributed by atoms with van der Waals surface area (Å²) in [4.78, 5) is 36.9. The van der Waals surface area contributed by atoms with Crippen LogP contribution in [-0.4, -0.2) is 52.2 Å². The molecule has 0 aliphatic carbocycles. The van der Waals surface area contributed by atoms with Crippen LogP contribution in [0.3, 0.4) is 0 Å². The SMILES string of the molecule is O=C1C[C@H](O)CN1c1ccc(-c2ccc(Cc3cnc4c(c3)N3C(=O)CC[C@H]3CO4)nc2)cc1. The van der Waals surface area contributed by atoms with Gasteiger partial charge in [0.05, 0.1) is 25.1 Å². The molecule has 6 rings (SSSR count). The van der Waals surface area contributed by atoms with Gasteiger partial charge in [-0.05, 0) is 41.8 Å². The molecule has 0 saturated carbocycles. The molecule has 2 amide bonds. The number of fused-ring (bicyclic) bond motifs is 3. The Morgan fingerprint density at radius 1 is 1.00 bits per heavy atom. The number of β-amino-alcohol motifs (C(OH)–C–C–N with tert-alkyl or cyclic N) is 1. The van der Waals surface area contributed by atoms with Gasteiger partial charge in [-0.1, -0.05) is 18.2 Å². The van der Waals surface area contributed by atoms with Crippen LogP contribution in [0.5, 0.6) is 5.88 Å². The molecule has 8 heteroatoms. The first-order valence-corrected chi connectivity index (χ1v) is 11.5. The summed E-state index contributed by atoms with van der Waals surface area (Å²) in [6, 6.07) is 13.8. The average molecular weight is 457 g/mol. The largest absolute Gasteiger partial charge is 0.474 e. The predicted octanol–water partition coefficient (Wildman–Crippen LogP) is 2.72. The lowest BCUT2D eigenvalue weighted by molar-refractivity contribution is -0.118. The van der Waals surface area contributed by atoms with Crippen molar-refractivity contribution >= 4 is 23.2 Å². The van der Waals surface area contributed by atoms with Crippen LogP contribution in [0.4, 0.5) is 11.4 Å². The third-order valence-corrected chi connectivity index (χ3v) is 6.71. The van der Waals surface area contributed by atoms with Gasteiger partial charge in [0, 0.05) is 42.2 Å². The summed E-state index contributed by atoms with van der Waals surface area (Å²) in [6.45, 7) is 0.843. The van der Waals surface area contributed by atoms with Gasteiger partial charge >= 0.3 is 0 Å². The van der Waals surface area contributed by atoms with Gasteiger partial charge in [-0.15, -0.1) is 0 Å². The van der Waals surface area contributed by atoms with E-state index < -0.39 is 6.10 Å². The first-order chi connectivity index (χ1) is 16.5. The fourth-order valence-electron chi connectivity index (χ4n) is 4.95. The third-order valence-electron chi connectivity index (χ3n) is 6.71. The first kappa shape index (κ1) is 20.8. The molecular weight excluding hydrogens is 432 g/mol. The van der Waals surface area contributed by atoms with Crippen molar-refractivity contribution in [2.24, 2.45) is 0 Å². The molecule has 34 heavy (non-hydrogen) atoms. The van der Waals surface area contributed by atoms with Crippen LogP contribution < -0.4 is 14.5 Å². The Hall–Kier alpha value is -3.78. The molecule has 3 aromatic rings. The minimum absolute atomic E-state index is 0.0564. The topological polar surface area (TPSA) is 95.9 Å². The summed E-state index contributed by atoms with van der Waals surface area (Å²) < 4.78 is 5.75. The highest BCUT2D eigenvalue weighted by molar-refractivity contribution is 5.98. The normalized spacial score (nSPS) is 21.4. The summed E-state index contributed by atoms with van der Waals surface area (Å²) in [7, 11) is 0. The van der Waals surface area contributed by atoms with Crippen LogP contribution in [0.1, 0.15) is 30.5 Å². The number of benzene rings is 1. The molecule has 172 valence electrons. The molecule has 0 spiro atoms. The fraction of sp³-hybridized carbons (Fsp3) is 0.308. The minimum Gasteiger partial charge on any atom is -0.474 e. The van der Waals surface area contributed by atoms with E-state index in [1.54, 1.807) is 11.1 Å². The van der Waals surface area contributed by atoms with Crippen molar-refractivity contribution < 1.29 is 19.4 Å². The van der Waals surface area contributed by atoms with Crippen molar-refractivity contribution in [2.45, 2.75) is 37.8 Å². The van der Waals surface area contributed by atoms with Crippen molar-refractivity contribution in [3.63, 3.8) is 0 Å². The van der Waals surface area contributed by atoms with Crippen LogP contribution in [-0.2, 0) is 16.0 Å². The number of amides is 2. The van der Waals surface area contributed by atoms with E-state index in [2.05, 4.69) is 9.97 Å². The molecule has 2 fully saturated rings. The third kappa shape index (κ3) is 3.70. The molecule has 8 nitrogen and oxygen atoms in total. The predicted molar refractivity (Wildman–Crippen MR) is 126 cm³/mol. The molecular formula is C26H24N4O4. The maximum Gasteiger partial charge on any atom is 0.238 e. The molecule has 2 atom stereocenters. The molecule has 2 aromatic heterocycles. The molecule has 0 unspecified atom stereocenters. The van der Waals surface area contributed by atoms with E-state index in [1.165, 1.54) is 0 Å². The van der Waals surface area contributed by atoms with Crippen molar-refractivity contribution in [2.75, 3.05) is 23.0 Å². The second-order valence-electron chi connectivity index (χ2n) is 9.06. The number of pyridine rings is 2. The molecule has 2 saturated heterocycles. The Kier molecular flexibility index (Phi) is 5.03. The number of hydrogen-bond acceptors (Lipinski definition) is 6. The number of carbonyl (C=O) groups excluding carboxylic acids is 2. The Bertz CT molecular complexity index is 1260. The van der Waals surface area contributed by atoms with Crippen LogP contribution in [0.2, 0.25) is 0 Å². The molecule has 1 aromatic carbocycles. The molecule has 3 aliphatic heterocycles. The van der Waals surface area contributed by atoms with Crippen molar-refractivity contribution in [3.8, 4) is 17.0 Å². The minimum atomic E-state index is -0.598. The second kappa shape index (κ2) is 8.22. The van der Waals surface area contributed by atoms with Gasteiger partial charge in [-0.2, -0.15) is 0 Å². The van der Waals surface area contributed by atoms with Gasteiger partial charge in [0.1, 0.15) is 12.3 Å². The van der Waals surface area contributed by atoms with Gasteiger partial charge in [-0.3, -0.25) is 14.6 Å². The summed E-state index contributed by atoms with van der Waals surface area (Å²) in [5, 5.41) is 9.71. The molecule has 3 aliphatic rings. The zero-order valence-electron chi connectivity index (χ0n) is 18.6. The smallest absolute Gasteiger partial charge is 0.238 e. The Morgan fingerprint density at radius 3 is 2.56 bits per heavy atom. The Morgan fingerprint density at radius 2 is 1.82 bits per heavy atom. The maximum atomic E-state index is 12.3. The van der Waals surface area contributed by atoms with Gasteiger partial charge in [0.2, 0.25) is 17.7 Å². The average Bonchev–Trinajstić information content (AvgIpc) is 3.41. The number of ether oxygens (including phenoxy) is 1. The summed E-state index contributed by atoms with van der Waals surface area (Å²) in [5.41, 5.74) is 5.41. The van der Waals surface area contributed by atoms with Crippen molar-refractivity contribution in [3.05, 3.63) is 66.1 Å². The monoisotopic (exact) mass is 456 g/mol. The zero-order valence-corrected chi connectivity index (χ0v) is 18.6. The quantitative estimate of drug-likeness (QED) is 0.649. The van der Waals surface area contributed by atoms with Crippen molar-refractivity contribution in [1.82, 2.24) is 9.97 Å². The lowest BCUT2D eigenvalue weighted by atomic mass is 10.1. The Balaban J connectivity index is 1.17. The lowest BCUT2D eigenvalue weighted by Crippen LogP contribution is -2.40. The highest BCUT2D eigenvalue weighted by Gasteiger charge is 2.38. The highest BCUT2D eigenvalue weighted by atomic mass is 16.5. The number of nitrogens with zero attached hydrogens (tertiary/aromatic N) is 4. The maximum absolute atomic E-state index is 12.3. The number of hydrogen-bond donors (Lipinski definition) is 1.